The van der Waals surface area contributed by atoms with Gasteiger partial charge in [0, 0.05) is 5.02 Å². The Morgan fingerprint density at radius 1 is 1.12 bits per heavy atom. The molecule has 0 heterocycles. The summed E-state index contributed by atoms with van der Waals surface area (Å²) in [6.45, 7) is 2.01. The van der Waals surface area contributed by atoms with Gasteiger partial charge in [-0.05, 0) is 54.3 Å². The number of benzene rings is 2. The highest BCUT2D eigenvalue weighted by atomic mass is 35.5. The number of hydrogen-bond donors (Lipinski definition) is 0. The highest BCUT2D eigenvalue weighted by Crippen LogP contribution is 2.18. The predicted molar refractivity (Wildman–Crippen MR) is 65.4 cm³/mol. The van der Waals surface area contributed by atoms with Crippen LogP contribution in [0.15, 0.2) is 42.5 Å². The van der Waals surface area contributed by atoms with Crippen LogP contribution in [-0.4, -0.2) is 0 Å². The molecule has 2 aromatic rings. The minimum absolute atomic E-state index is 0.191. The Morgan fingerprint density at radius 3 is 2.62 bits per heavy atom. The van der Waals surface area contributed by atoms with Gasteiger partial charge in [-0.1, -0.05) is 29.8 Å². The van der Waals surface area contributed by atoms with Gasteiger partial charge in [-0.2, -0.15) is 0 Å². The first-order valence-corrected chi connectivity index (χ1v) is 5.52. The van der Waals surface area contributed by atoms with E-state index in [2.05, 4.69) is 0 Å². The lowest BCUT2D eigenvalue weighted by Crippen LogP contribution is -1.92. The maximum atomic E-state index is 13.0. The molecule has 2 rings (SSSR count). The van der Waals surface area contributed by atoms with E-state index in [-0.39, 0.29) is 5.82 Å². The molecule has 0 aliphatic heterocycles. The lowest BCUT2D eigenvalue weighted by Gasteiger charge is -2.06. The summed E-state index contributed by atoms with van der Waals surface area (Å²) in [5.74, 6) is -0.191. The van der Waals surface area contributed by atoms with Crippen LogP contribution in [0, 0.1) is 12.7 Å². The van der Waals surface area contributed by atoms with Crippen molar-refractivity contribution in [1.29, 1.82) is 0 Å². The van der Waals surface area contributed by atoms with E-state index in [1.165, 1.54) is 11.6 Å². The van der Waals surface area contributed by atoms with Crippen LogP contribution in [0.5, 0.6) is 0 Å². The number of rotatable bonds is 2. The molecule has 0 atom stereocenters. The second-order valence-corrected chi connectivity index (χ2v) is 4.31. The molecule has 16 heavy (non-hydrogen) atoms. The molecule has 0 N–H and O–H groups in total. The van der Waals surface area contributed by atoms with E-state index in [9.17, 15) is 4.39 Å². The summed E-state index contributed by atoms with van der Waals surface area (Å²) in [5, 5.41) is 0.737. The van der Waals surface area contributed by atoms with Crippen molar-refractivity contribution in [3.05, 3.63) is 70.0 Å². The zero-order chi connectivity index (χ0) is 11.5. The average Bonchev–Trinajstić information content (AvgIpc) is 2.22. The van der Waals surface area contributed by atoms with Crippen LogP contribution in [-0.2, 0) is 6.42 Å². The lowest BCUT2D eigenvalue weighted by molar-refractivity contribution is 0.626. The topological polar surface area (TPSA) is 0 Å². The molecule has 0 radical (unpaired) electrons. The molecule has 0 aromatic heterocycles. The average molecular weight is 235 g/mol. The summed E-state index contributed by atoms with van der Waals surface area (Å²) in [7, 11) is 0. The maximum Gasteiger partial charge on any atom is 0.123 e. The molecule has 82 valence electrons. The summed E-state index contributed by atoms with van der Waals surface area (Å²) >= 11 is 5.89. The van der Waals surface area contributed by atoms with Crippen molar-refractivity contribution >= 4 is 11.6 Å². The molecule has 0 saturated heterocycles. The van der Waals surface area contributed by atoms with Gasteiger partial charge in [0.1, 0.15) is 5.82 Å². The lowest BCUT2D eigenvalue weighted by atomic mass is 10.0. The summed E-state index contributed by atoms with van der Waals surface area (Å²) in [6, 6.07) is 12.5. The van der Waals surface area contributed by atoms with Crippen molar-refractivity contribution < 1.29 is 4.39 Å². The molecule has 0 amide bonds. The Hall–Kier alpha value is -1.34. The summed E-state index contributed by atoms with van der Waals surface area (Å²) in [5.41, 5.74) is 3.29. The van der Waals surface area contributed by atoms with Crippen molar-refractivity contribution in [2.45, 2.75) is 13.3 Å². The van der Waals surface area contributed by atoms with E-state index in [0.29, 0.717) is 0 Å². The van der Waals surface area contributed by atoms with Crippen LogP contribution < -0.4 is 0 Å². The molecule has 2 aromatic carbocycles. The molecule has 0 aliphatic carbocycles. The summed E-state index contributed by atoms with van der Waals surface area (Å²) in [6.07, 6.45) is 0.737. The van der Waals surface area contributed by atoms with Crippen molar-refractivity contribution in [1.82, 2.24) is 0 Å². The zero-order valence-corrected chi connectivity index (χ0v) is 9.76. The highest BCUT2D eigenvalue weighted by molar-refractivity contribution is 6.30. The number of halogens is 2. The first kappa shape index (κ1) is 11.2. The third-order valence-corrected chi connectivity index (χ3v) is 2.82. The second-order valence-electron chi connectivity index (χ2n) is 3.88. The van der Waals surface area contributed by atoms with Crippen LogP contribution in [0.4, 0.5) is 4.39 Å². The van der Waals surface area contributed by atoms with Gasteiger partial charge in [0.15, 0.2) is 0 Å². The Kier molecular flexibility index (Phi) is 3.25. The van der Waals surface area contributed by atoms with Gasteiger partial charge in [0.25, 0.3) is 0 Å². The van der Waals surface area contributed by atoms with E-state index >= 15 is 0 Å². The van der Waals surface area contributed by atoms with Crippen LogP contribution in [0.25, 0.3) is 0 Å². The standard InChI is InChI=1S/C14H12ClF/c1-10-7-13(15)6-5-12(10)8-11-3-2-4-14(16)9-11/h2-7,9H,8H2,1H3. The van der Waals surface area contributed by atoms with Gasteiger partial charge in [-0.3, -0.25) is 0 Å². The quantitative estimate of drug-likeness (QED) is 0.724. The van der Waals surface area contributed by atoms with Crippen molar-refractivity contribution in [2.24, 2.45) is 0 Å². The molecular formula is C14H12ClF. The highest BCUT2D eigenvalue weighted by Gasteiger charge is 2.01. The Bertz CT molecular complexity index is 506. The minimum atomic E-state index is -0.191. The SMILES string of the molecule is Cc1cc(Cl)ccc1Cc1cccc(F)c1. The van der Waals surface area contributed by atoms with E-state index < -0.39 is 0 Å². The third kappa shape index (κ3) is 2.61. The fourth-order valence-corrected chi connectivity index (χ4v) is 1.95. The summed E-state index contributed by atoms with van der Waals surface area (Å²) in [4.78, 5) is 0. The van der Waals surface area contributed by atoms with Gasteiger partial charge in [-0.15, -0.1) is 0 Å². The Balaban J connectivity index is 2.27. The van der Waals surface area contributed by atoms with Crippen LogP contribution in [0.1, 0.15) is 16.7 Å². The van der Waals surface area contributed by atoms with Gasteiger partial charge < -0.3 is 0 Å². The normalized spacial score (nSPS) is 10.4. The first-order valence-electron chi connectivity index (χ1n) is 5.14. The van der Waals surface area contributed by atoms with Gasteiger partial charge in [-0.25, -0.2) is 4.39 Å². The number of hydrogen-bond acceptors (Lipinski definition) is 0. The molecule has 0 unspecified atom stereocenters. The molecule has 0 spiro atoms. The van der Waals surface area contributed by atoms with Crippen molar-refractivity contribution in [2.75, 3.05) is 0 Å². The van der Waals surface area contributed by atoms with E-state index in [0.717, 1.165) is 22.6 Å². The summed E-state index contributed by atoms with van der Waals surface area (Å²) < 4.78 is 13.0. The minimum Gasteiger partial charge on any atom is -0.207 e. The smallest absolute Gasteiger partial charge is 0.123 e. The molecule has 2 heteroatoms. The van der Waals surface area contributed by atoms with E-state index in [4.69, 9.17) is 11.6 Å². The van der Waals surface area contributed by atoms with E-state index in [1.807, 2.05) is 31.2 Å². The molecule has 0 fully saturated rings. The fraction of sp³-hybridized carbons (Fsp3) is 0.143. The molecule has 0 saturated carbocycles. The molecule has 0 bridgehead atoms. The first-order chi connectivity index (χ1) is 7.65. The molecule has 0 aliphatic rings. The monoisotopic (exact) mass is 234 g/mol. The van der Waals surface area contributed by atoms with Gasteiger partial charge >= 0.3 is 0 Å². The fourth-order valence-electron chi connectivity index (χ4n) is 1.72. The van der Waals surface area contributed by atoms with Crippen molar-refractivity contribution in [3.63, 3.8) is 0 Å². The van der Waals surface area contributed by atoms with Crippen LogP contribution >= 0.6 is 11.6 Å². The second kappa shape index (κ2) is 4.67. The number of aryl methyl sites for hydroxylation is 1. The Morgan fingerprint density at radius 2 is 1.94 bits per heavy atom. The largest absolute Gasteiger partial charge is 0.207 e. The van der Waals surface area contributed by atoms with E-state index in [1.54, 1.807) is 12.1 Å². The van der Waals surface area contributed by atoms with Crippen LogP contribution in [0.2, 0.25) is 5.02 Å². The maximum absolute atomic E-state index is 13.0. The van der Waals surface area contributed by atoms with Gasteiger partial charge in [0.2, 0.25) is 0 Å². The van der Waals surface area contributed by atoms with Gasteiger partial charge in [0.05, 0.1) is 0 Å². The Labute approximate surface area is 99.7 Å². The van der Waals surface area contributed by atoms with Crippen molar-refractivity contribution in [3.8, 4) is 0 Å². The molecule has 0 nitrogen and oxygen atoms in total. The third-order valence-electron chi connectivity index (χ3n) is 2.59. The zero-order valence-electron chi connectivity index (χ0n) is 9.00. The molecular weight excluding hydrogens is 223 g/mol. The van der Waals surface area contributed by atoms with Crippen LogP contribution in [0.3, 0.4) is 0 Å². The predicted octanol–water partition coefficient (Wildman–Crippen LogP) is 4.38.